The van der Waals surface area contributed by atoms with Crippen molar-refractivity contribution < 1.29 is 0 Å². The Morgan fingerprint density at radius 1 is 1.35 bits per heavy atom. The lowest BCUT2D eigenvalue weighted by atomic mass is 10.2. The molecule has 1 aromatic heterocycles. The summed E-state index contributed by atoms with van der Waals surface area (Å²) in [6, 6.07) is 0.611. The summed E-state index contributed by atoms with van der Waals surface area (Å²) in [6.45, 7) is 13.6. The summed E-state index contributed by atoms with van der Waals surface area (Å²) in [5, 5.41) is 7.99. The molecule has 1 aliphatic rings. The summed E-state index contributed by atoms with van der Waals surface area (Å²) in [5.74, 6) is 0.931. The molecule has 0 radical (unpaired) electrons. The second kappa shape index (κ2) is 9.23. The van der Waals surface area contributed by atoms with E-state index in [0.717, 1.165) is 44.3 Å². The van der Waals surface area contributed by atoms with Crippen molar-refractivity contribution >= 4 is 17.3 Å². The van der Waals surface area contributed by atoms with Crippen LogP contribution in [0.15, 0.2) is 4.99 Å². The first kappa shape index (κ1) is 18.2. The number of aromatic nitrogens is 1. The molecule has 0 aromatic carbocycles. The first-order valence-electron chi connectivity index (χ1n) is 8.83. The Kier molecular flexibility index (Phi) is 7.30. The minimum Gasteiger partial charge on any atom is -0.357 e. The number of likely N-dealkylation sites (tertiary alicyclic amines) is 1. The predicted molar refractivity (Wildman–Crippen MR) is 99.5 cm³/mol. The third-order valence-corrected chi connectivity index (χ3v) is 5.55. The molecule has 2 heterocycles. The Morgan fingerprint density at radius 3 is 2.83 bits per heavy atom. The fraction of sp³-hybridized carbons (Fsp3) is 0.765. The highest BCUT2D eigenvalue weighted by molar-refractivity contribution is 7.11. The van der Waals surface area contributed by atoms with E-state index in [2.05, 4.69) is 48.2 Å². The third-order valence-electron chi connectivity index (χ3n) is 4.41. The topological polar surface area (TPSA) is 52.6 Å². The van der Waals surface area contributed by atoms with Gasteiger partial charge in [-0.25, -0.2) is 4.98 Å². The average Bonchev–Trinajstić information content (AvgIpc) is 3.11. The van der Waals surface area contributed by atoms with Crippen LogP contribution in [0.5, 0.6) is 0 Å². The van der Waals surface area contributed by atoms with Crippen molar-refractivity contribution in [1.29, 1.82) is 0 Å². The number of aryl methyl sites for hydroxylation is 2. The normalized spacial score (nSPS) is 19.3. The van der Waals surface area contributed by atoms with E-state index >= 15 is 0 Å². The second-order valence-electron chi connectivity index (χ2n) is 6.07. The van der Waals surface area contributed by atoms with Gasteiger partial charge < -0.3 is 10.6 Å². The number of aliphatic imine (C=N–C) groups is 1. The van der Waals surface area contributed by atoms with Gasteiger partial charge in [0.25, 0.3) is 0 Å². The van der Waals surface area contributed by atoms with Crippen LogP contribution in [0, 0.1) is 13.8 Å². The molecule has 1 atom stereocenters. The van der Waals surface area contributed by atoms with Gasteiger partial charge in [-0.2, -0.15) is 0 Å². The molecule has 1 unspecified atom stereocenters. The molecular weight excluding hydrogens is 306 g/mol. The molecular formula is C17H31N5S. The van der Waals surface area contributed by atoms with Crippen molar-refractivity contribution in [2.45, 2.75) is 53.0 Å². The minimum absolute atomic E-state index is 0.611. The molecule has 1 fully saturated rings. The smallest absolute Gasteiger partial charge is 0.191 e. The van der Waals surface area contributed by atoms with E-state index in [9.17, 15) is 0 Å². The van der Waals surface area contributed by atoms with Crippen LogP contribution in [0.1, 0.15) is 42.3 Å². The van der Waals surface area contributed by atoms with Gasteiger partial charge in [-0.05, 0) is 46.7 Å². The maximum Gasteiger partial charge on any atom is 0.191 e. The van der Waals surface area contributed by atoms with Crippen LogP contribution < -0.4 is 10.6 Å². The van der Waals surface area contributed by atoms with E-state index in [1.54, 1.807) is 11.3 Å². The summed E-state index contributed by atoms with van der Waals surface area (Å²) >= 11 is 1.80. The van der Waals surface area contributed by atoms with Gasteiger partial charge in [0.1, 0.15) is 0 Å². The Balaban J connectivity index is 1.81. The maximum atomic E-state index is 4.78. The van der Waals surface area contributed by atoms with Gasteiger partial charge >= 0.3 is 0 Å². The molecule has 2 N–H and O–H groups in total. The van der Waals surface area contributed by atoms with Gasteiger partial charge in [0.15, 0.2) is 5.96 Å². The van der Waals surface area contributed by atoms with Crippen LogP contribution in [0.2, 0.25) is 0 Å². The molecule has 5 nitrogen and oxygen atoms in total. The molecule has 0 saturated carbocycles. The van der Waals surface area contributed by atoms with Gasteiger partial charge in [-0.15, -0.1) is 11.3 Å². The first-order valence-corrected chi connectivity index (χ1v) is 9.64. The highest BCUT2D eigenvalue weighted by Gasteiger charge is 2.22. The van der Waals surface area contributed by atoms with E-state index in [1.165, 1.54) is 29.3 Å². The van der Waals surface area contributed by atoms with E-state index in [1.807, 2.05) is 0 Å². The monoisotopic (exact) mass is 337 g/mol. The van der Waals surface area contributed by atoms with E-state index in [0.29, 0.717) is 6.04 Å². The maximum absolute atomic E-state index is 4.78. The second-order valence-corrected chi connectivity index (χ2v) is 7.36. The lowest BCUT2D eigenvalue weighted by Gasteiger charge is -2.21. The Morgan fingerprint density at radius 2 is 2.17 bits per heavy atom. The lowest BCUT2D eigenvalue weighted by molar-refractivity contribution is 0.273. The number of thiazole rings is 1. The number of hydrogen-bond donors (Lipinski definition) is 2. The van der Waals surface area contributed by atoms with Gasteiger partial charge in [0, 0.05) is 30.4 Å². The molecule has 1 saturated heterocycles. The Labute approximate surface area is 144 Å². The van der Waals surface area contributed by atoms with Crippen molar-refractivity contribution in [1.82, 2.24) is 20.5 Å². The molecule has 23 heavy (non-hydrogen) atoms. The number of guanidine groups is 1. The van der Waals surface area contributed by atoms with Gasteiger partial charge in [-0.3, -0.25) is 9.89 Å². The third kappa shape index (κ3) is 5.46. The Hall–Kier alpha value is -1.14. The zero-order valence-corrected chi connectivity index (χ0v) is 15.8. The molecule has 0 aliphatic carbocycles. The average molecular weight is 338 g/mol. The molecule has 1 aliphatic heterocycles. The van der Waals surface area contributed by atoms with Crippen LogP contribution in [-0.4, -0.2) is 54.6 Å². The fourth-order valence-electron chi connectivity index (χ4n) is 2.99. The number of hydrogen-bond acceptors (Lipinski definition) is 4. The number of nitrogens with one attached hydrogen (secondary N) is 2. The van der Waals surface area contributed by atoms with Crippen molar-refractivity contribution in [2.75, 3.05) is 32.7 Å². The summed E-state index contributed by atoms with van der Waals surface area (Å²) in [7, 11) is 0. The minimum atomic E-state index is 0.611. The lowest BCUT2D eigenvalue weighted by Crippen LogP contribution is -2.40. The van der Waals surface area contributed by atoms with Crippen molar-refractivity contribution in [3.8, 4) is 0 Å². The molecule has 130 valence electrons. The van der Waals surface area contributed by atoms with E-state index < -0.39 is 0 Å². The van der Waals surface area contributed by atoms with Crippen molar-refractivity contribution in [3.63, 3.8) is 0 Å². The summed E-state index contributed by atoms with van der Waals surface area (Å²) in [4.78, 5) is 13.2. The molecule has 0 amide bonds. The summed E-state index contributed by atoms with van der Waals surface area (Å²) < 4.78 is 0. The largest absolute Gasteiger partial charge is 0.357 e. The van der Waals surface area contributed by atoms with Gasteiger partial charge in [0.2, 0.25) is 0 Å². The molecule has 1 aromatic rings. The predicted octanol–water partition coefficient (Wildman–Crippen LogP) is 2.34. The number of likely N-dealkylation sites (N-methyl/N-ethyl adjacent to an activating group) is 1. The van der Waals surface area contributed by atoms with Gasteiger partial charge in [-0.1, -0.05) is 6.92 Å². The van der Waals surface area contributed by atoms with Gasteiger partial charge in [0.05, 0.1) is 17.2 Å². The summed E-state index contributed by atoms with van der Waals surface area (Å²) in [5.41, 5.74) is 1.16. The highest BCUT2D eigenvalue weighted by atomic mass is 32.1. The van der Waals surface area contributed by atoms with Crippen LogP contribution in [0.3, 0.4) is 0 Å². The molecule has 0 spiro atoms. The number of nitrogens with zero attached hydrogens (tertiary/aromatic N) is 3. The van der Waals surface area contributed by atoms with Crippen molar-refractivity contribution in [3.05, 3.63) is 15.6 Å². The number of rotatable bonds is 7. The fourth-order valence-corrected chi connectivity index (χ4v) is 3.92. The zero-order valence-electron chi connectivity index (χ0n) is 15.0. The summed E-state index contributed by atoms with van der Waals surface area (Å²) in [6.07, 6.45) is 3.53. The highest BCUT2D eigenvalue weighted by Crippen LogP contribution is 2.17. The van der Waals surface area contributed by atoms with E-state index in [-0.39, 0.29) is 0 Å². The first-order chi connectivity index (χ1) is 11.1. The van der Waals surface area contributed by atoms with Crippen molar-refractivity contribution in [2.24, 2.45) is 4.99 Å². The SMILES string of the molecule is CCNC(=NCC1CCCN1CC)NCCc1nc(C)c(C)s1. The quantitative estimate of drug-likeness (QED) is 0.592. The molecule has 2 rings (SSSR count). The van der Waals surface area contributed by atoms with E-state index in [4.69, 9.17) is 4.99 Å². The Bertz CT molecular complexity index is 492. The standard InChI is InChI=1S/C17H31N5S/c1-5-18-17(20-12-15-8-7-11-22(15)6-2)19-10-9-16-21-13(3)14(4)23-16/h15H,5-12H2,1-4H3,(H2,18,19,20). The van der Waals surface area contributed by atoms with Crippen LogP contribution >= 0.6 is 11.3 Å². The zero-order chi connectivity index (χ0) is 16.7. The molecule has 6 heteroatoms. The van der Waals surface area contributed by atoms with Crippen LogP contribution in [0.25, 0.3) is 0 Å². The molecule has 0 bridgehead atoms. The van der Waals surface area contributed by atoms with Crippen LogP contribution in [-0.2, 0) is 6.42 Å². The van der Waals surface area contributed by atoms with Crippen LogP contribution in [0.4, 0.5) is 0 Å².